The largest absolute Gasteiger partial charge is 0.349 e. The summed E-state index contributed by atoms with van der Waals surface area (Å²) >= 11 is 0. The summed E-state index contributed by atoms with van der Waals surface area (Å²) in [6, 6.07) is 14.3. The second-order valence-electron chi connectivity index (χ2n) is 6.73. The predicted molar refractivity (Wildman–Crippen MR) is 103 cm³/mol. The van der Waals surface area contributed by atoms with E-state index in [-0.39, 0.29) is 17.8 Å². The Morgan fingerprint density at radius 2 is 1.81 bits per heavy atom. The molecular formula is C21H23FN4O. The molecule has 0 aliphatic rings. The van der Waals surface area contributed by atoms with Gasteiger partial charge < -0.3 is 10.2 Å². The SMILES string of the molecule is Cc1ccc(C(CNC(=O)c2cncn2-c2ccc(F)cc2)N(C)C)cc1. The van der Waals surface area contributed by atoms with Crippen LogP contribution in [0.25, 0.3) is 5.69 Å². The van der Waals surface area contributed by atoms with Crippen molar-refractivity contribution in [3.05, 3.63) is 83.7 Å². The molecule has 3 aromatic rings. The van der Waals surface area contributed by atoms with Gasteiger partial charge in [0.15, 0.2) is 0 Å². The smallest absolute Gasteiger partial charge is 0.269 e. The van der Waals surface area contributed by atoms with Crippen LogP contribution < -0.4 is 5.32 Å². The minimum Gasteiger partial charge on any atom is -0.349 e. The van der Waals surface area contributed by atoms with E-state index >= 15 is 0 Å². The highest BCUT2D eigenvalue weighted by Gasteiger charge is 2.18. The van der Waals surface area contributed by atoms with E-state index in [0.29, 0.717) is 17.9 Å². The zero-order valence-electron chi connectivity index (χ0n) is 15.7. The van der Waals surface area contributed by atoms with E-state index < -0.39 is 0 Å². The molecule has 27 heavy (non-hydrogen) atoms. The third-order valence-corrected chi connectivity index (χ3v) is 4.52. The molecule has 3 rings (SSSR count). The molecule has 140 valence electrons. The zero-order valence-corrected chi connectivity index (χ0v) is 15.7. The summed E-state index contributed by atoms with van der Waals surface area (Å²) in [4.78, 5) is 18.9. The molecule has 1 heterocycles. The molecule has 0 radical (unpaired) electrons. The van der Waals surface area contributed by atoms with Gasteiger partial charge in [-0.15, -0.1) is 0 Å². The molecular weight excluding hydrogens is 343 g/mol. The quantitative estimate of drug-likeness (QED) is 0.728. The minimum absolute atomic E-state index is 0.0525. The molecule has 1 N–H and O–H groups in total. The maximum Gasteiger partial charge on any atom is 0.269 e. The molecule has 1 atom stereocenters. The highest BCUT2D eigenvalue weighted by Crippen LogP contribution is 2.18. The van der Waals surface area contributed by atoms with Crippen molar-refractivity contribution in [2.75, 3.05) is 20.6 Å². The molecule has 6 heteroatoms. The number of hydrogen-bond acceptors (Lipinski definition) is 3. The summed E-state index contributed by atoms with van der Waals surface area (Å²) in [6.07, 6.45) is 3.06. The van der Waals surface area contributed by atoms with Gasteiger partial charge in [0.25, 0.3) is 5.91 Å². The van der Waals surface area contributed by atoms with Crippen LogP contribution in [0.15, 0.2) is 61.1 Å². The zero-order chi connectivity index (χ0) is 19.4. The van der Waals surface area contributed by atoms with Gasteiger partial charge in [0.2, 0.25) is 0 Å². The van der Waals surface area contributed by atoms with Gasteiger partial charge in [0.05, 0.1) is 18.6 Å². The van der Waals surface area contributed by atoms with Crippen LogP contribution in [-0.4, -0.2) is 41.0 Å². The van der Waals surface area contributed by atoms with Gasteiger partial charge in [-0.3, -0.25) is 9.36 Å². The molecule has 1 amide bonds. The fourth-order valence-electron chi connectivity index (χ4n) is 2.94. The van der Waals surface area contributed by atoms with Gasteiger partial charge >= 0.3 is 0 Å². The van der Waals surface area contributed by atoms with Crippen molar-refractivity contribution in [1.82, 2.24) is 19.8 Å². The Balaban J connectivity index is 1.74. The number of hydrogen-bond donors (Lipinski definition) is 1. The van der Waals surface area contributed by atoms with Crippen LogP contribution in [0, 0.1) is 12.7 Å². The van der Waals surface area contributed by atoms with Crippen LogP contribution in [0.2, 0.25) is 0 Å². The number of benzene rings is 2. The number of imidazole rings is 1. The lowest BCUT2D eigenvalue weighted by Crippen LogP contribution is -2.35. The first-order valence-corrected chi connectivity index (χ1v) is 8.75. The number of halogens is 1. The molecule has 0 spiro atoms. The topological polar surface area (TPSA) is 50.2 Å². The minimum atomic E-state index is -0.322. The molecule has 0 bridgehead atoms. The van der Waals surface area contributed by atoms with E-state index in [4.69, 9.17) is 0 Å². The number of aromatic nitrogens is 2. The summed E-state index contributed by atoms with van der Waals surface area (Å²) in [6.45, 7) is 2.51. The molecule has 1 unspecified atom stereocenters. The first-order chi connectivity index (χ1) is 13.0. The molecule has 0 saturated heterocycles. The number of nitrogens with zero attached hydrogens (tertiary/aromatic N) is 3. The monoisotopic (exact) mass is 366 g/mol. The van der Waals surface area contributed by atoms with Crippen LogP contribution in [0.4, 0.5) is 4.39 Å². The molecule has 0 saturated carbocycles. The van der Waals surface area contributed by atoms with Crippen molar-refractivity contribution in [3.63, 3.8) is 0 Å². The number of carbonyl (C=O) groups is 1. The van der Waals surface area contributed by atoms with Crippen molar-refractivity contribution in [2.45, 2.75) is 13.0 Å². The Kier molecular flexibility index (Phi) is 5.66. The van der Waals surface area contributed by atoms with Crippen LogP contribution in [0.1, 0.15) is 27.7 Å². The molecule has 1 aromatic heterocycles. The third-order valence-electron chi connectivity index (χ3n) is 4.52. The van der Waals surface area contributed by atoms with Crippen molar-refractivity contribution in [3.8, 4) is 5.69 Å². The van der Waals surface area contributed by atoms with E-state index in [9.17, 15) is 9.18 Å². The average molecular weight is 366 g/mol. The summed E-state index contributed by atoms with van der Waals surface area (Å²) < 4.78 is 14.8. The average Bonchev–Trinajstić information content (AvgIpc) is 3.13. The number of amides is 1. The van der Waals surface area contributed by atoms with E-state index in [1.807, 2.05) is 21.0 Å². The van der Waals surface area contributed by atoms with E-state index in [1.165, 1.54) is 23.9 Å². The standard InChI is InChI=1S/C21H23FN4O/c1-15-4-6-16(7-5-15)19(25(2)3)13-24-21(27)20-12-23-14-26(20)18-10-8-17(22)9-11-18/h4-12,14,19H,13H2,1-3H3,(H,24,27). The lowest BCUT2D eigenvalue weighted by molar-refractivity contribution is 0.0935. The maximum atomic E-state index is 13.2. The number of rotatable bonds is 6. The highest BCUT2D eigenvalue weighted by molar-refractivity contribution is 5.93. The molecule has 0 aliphatic heterocycles. The maximum absolute atomic E-state index is 13.2. The van der Waals surface area contributed by atoms with Crippen LogP contribution in [0.5, 0.6) is 0 Å². The van der Waals surface area contributed by atoms with Crippen molar-refractivity contribution >= 4 is 5.91 Å². The second kappa shape index (κ2) is 8.14. The van der Waals surface area contributed by atoms with E-state index in [1.54, 1.807) is 23.0 Å². The van der Waals surface area contributed by atoms with Crippen molar-refractivity contribution in [2.24, 2.45) is 0 Å². The second-order valence-corrected chi connectivity index (χ2v) is 6.73. The Morgan fingerprint density at radius 1 is 1.15 bits per heavy atom. The first-order valence-electron chi connectivity index (χ1n) is 8.75. The van der Waals surface area contributed by atoms with Gasteiger partial charge in [-0.2, -0.15) is 0 Å². The van der Waals surface area contributed by atoms with Gasteiger partial charge in [0, 0.05) is 12.2 Å². The molecule has 2 aromatic carbocycles. The fourth-order valence-corrected chi connectivity index (χ4v) is 2.94. The Bertz CT molecular complexity index is 901. The lowest BCUT2D eigenvalue weighted by atomic mass is 10.0. The summed E-state index contributed by atoms with van der Waals surface area (Å²) in [5, 5.41) is 2.99. The lowest BCUT2D eigenvalue weighted by Gasteiger charge is -2.25. The number of nitrogens with one attached hydrogen (secondary N) is 1. The van der Waals surface area contributed by atoms with Gasteiger partial charge in [-0.1, -0.05) is 29.8 Å². The Hall–Kier alpha value is -2.99. The van der Waals surface area contributed by atoms with E-state index in [2.05, 4.69) is 39.5 Å². The molecule has 0 aliphatic carbocycles. The molecule has 5 nitrogen and oxygen atoms in total. The van der Waals surface area contributed by atoms with Gasteiger partial charge in [0.1, 0.15) is 11.5 Å². The highest BCUT2D eigenvalue weighted by atomic mass is 19.1. The number of aryl methyl sites for hydroxylation is 1. The molecule has 0 fully saturated rings. The van der Waals surface area contributed by atoms with Crippen LogP contribution >= 0.6 is 0 Å². The van der Waals surface area contributed by atoms with Crippen LogP contribution in [0.3, 0.4) is 0 Å². The van der Waals surface area contributed by atoms with E-state index in [0.717, 1.165) is 5.56 Å². The fraction of sp³-hybridized carbons (Fsp3) is 0.238. The van der Waals surface area contributed by atoms with Gasteiger partial charge in [-0.25, -0.2) is 9.37 Å². The van der Waals surface area contributed by atoms with Crippen molar-refractivity contribution < 1.29 is 9.18 Å². The Labute approximate surface area is 158 Å². The van der Waals surface area contributed by atoms with Gasteiger partial charge in [-0.05, 0) is 50.8 Å². The van der Waals surface area contributed by atoms with Crippen LogP contribution in [-0.2, 0) is 0 Å². The third kappa shape index (κ3) is 4.41. The summed E-state index contributed by atoms with van der Waals surface area (Å²) in [5.41, 5.74) is 3.42. The number of carbonyl (C=O) groups excluding carboxylic acids is 1. The van der Waals surface area contributed by atoms with Crippen molar-refractivity contribution in [1.29, 1.82) is 0 Å². The predicted octanol–water partition coefficient (Wildman–Crippen LogP) is 3.35. The number of likely N-dealkylation sites (N-methyl/N-ethyl adjacent to an activating group) is 1. The first kappa shape index (κ1) is 18.8. The summed E-state index contributed by atoms with van der Waals surface area (Å²) in [7, 11) is 3.97. The normalized spacial score (nSPS) is 12.2. The Morgan fingerprint density at radius 3 is 2.44 bits per heavy atom. The summed E-state index contributed by atoms with van der Waals surface area (Å²) in [5.74, 6) is -0.549.